The zero-order valence-electron chi connectivity index (χ0n) is 14.5. The van der Waals surface area contributed by atoms with E-state index in [0.717, 1.165) is 17.7 Å². The highest BCUT2D eigenvalue weighted by Gasteiger charge is 2.33. The van der Waals surface area contributed by atoms with E-state index < -0.39 is 27.9 Å². The van der Waals surface area contributed by atoms with Gasteiger partial charge in [0.25, 0.3) is 11.2 Å². The fourth-order valence-electron chi connectivity index (χ4n) is 2.58. The van der Waals surface area contributed by atoms with Crippen molar-refractivity contribution in [2.45, 2.75) is 12.7 Å². The average molecular weight is 425 g/mol. The summed E-state index contributed by atoms with van der Waals surface area (Å²) < 4.78 is 39.8. The quantitative estimate of drug-likeness (QED) is 0.367. The molecule has 1 heterocycles. The van der Waals surface area contributed by atoms with Gasteiger partial charge in [0.1, 0.15) is 10.8 Å². The van der Waals surface area contributed by atoms with Crippen LogP contribution in [-0.2, 0) is 12.7 Å². The van der Waals surface area contributed by atoms with Gasteiger partial charge in [0, 0.05) is 12.1 Å². The lowest BCUT2D eigenvalue weighted by atomic mass is 10.1. The largest absolute Gasteiger partial charge is 0.416 e. The minimum absolute atomic E-state index is 0.0700. The van der Waals surface area contributed by atoms with Gasteiger partial charge in [0.2, 0.25) is 5.95 Å². The number of anilines is 2. The van der Waals surface area contributed by atoms with Gasteiger partial charge in [-0.1, -0.05) is 41.9 Å². The van der Waals surface area contributed by atoms with Gasteiger partial charge in [-0.2, -0.15) is 13.2 Å². The zero-order chi connectivity index (χ0) is 21.2. The SMILES string of the molecule is O=c1cc(Cl)nc(Nc2ccc(C(F)(F)F)cc2[N+](=O)[O-])n1Cc1ccccc1. The second kappa shape index (κ2) is 7.92. The molecule has 0 unspecified atom stereocenters. The summed E-state index contributed by atoms with van der Waals surface area (Å²) in [5.74, 6) is -0.144. The van der Waals surface area contributed by atoms with Crippen molar-refractivity contribution in [2.75, 3.05) is 5.32 Å². The zero-order valence-corrected chi connectivity index (χ0v) is 15.2. The van der Waals surface area contributed by atoms with Crippen LogP contribution < -0.4 is 10.9 Å². The van der Waals surface area contributed by atoms with E-state index >= 15 is 0 Å². The Morgan fingerprint density at radius 3 is 2.45 bits per heavy atom. The number of rotatable bonds is 5. The summed E-state index contributed by atoms with van der Waals surface area (Å²) in [4.78, 5) is 26.7. The maximum atomic E-state index is 12.9. The molecule has 7 nitrogen and oxygen atoms in total. The van der Waals surface area contributed by atoms with Gasteiger partial charge >= 0.3 is 6.18 Å². The Morgan fingerprint density at radius 2 is 1.83 bits per heavy atom. The molecule has 0 fully saturated rings. The molecule has 0 saturated carbocycles. The number of hydrogen-bond donors (Lipinski definition) is 1. The fraction of sp³-hybridized carbons (Fsp3) is 0.111. The molecule has 29 heavy (non-hydrogen) atoms. The Kier molecular flexibility index (Phi) is 5.55. The molecule has 0 saturated heterocycles. The maximum Gasteiger partial charge on any atom is 0.416 e. The van der Waals surface area contributed by atoms with Crippen molar-refractivity contribution in [3.63, 3.8) is 0 Å². The molecule has 0 radical (unpaired) electrons. The second-order valence-corrected chi connectivity index (χ2v) is 6.31. The summed E-state index contributed by atoms with van der Waals surface area (Å²) in [5, 5.41) is 13.7. The molecule has 3 rings (SSSR count). The molecule has 1 N–H and O–H groups in total. The number of nitro benzene ring substituents is 1. The lowest BCUT2D eigenvalue weighted by molar-refractivity contribution is -0.384. The summed E-state index contributed by atoms with van der Waals surface area (Å²) in [7, 11) is 0. The first-order valence-electron chi connectivity index (χ1n) is 8.09. The predicted molar refractivity (Wildman–Crippen MR) is 100 cm³/mol. The van der Waals surface area contributed by atoms with Crippen molar-refractivity contribution in [1.29, 1.82) is 0 Å². The van der Waals surface area contributed by atoms with Gasteiger partial charge in [-0.05, 0) is 17.7 Å². The molecular formula is C18H12ClF3N4O3. The highest BCUT2D eigenvalue weighted by Crippen LogP contribution is 2.35. The third-order valence-corrected chi connectivity index (χ3v) is 4.12. The van der Waals surface area contributed by atoms with Crippen molar-refractivity contribution in [1.82, 2.24) is 9.55 Å². The smallest absolute Gasteiger partial charge is 0.320 e. The Balaban J connectivity index is 2.06. The van der Waals surface area contributed by atoms with Crippen molar-refractivity contribution >= 4 is 28.9 Å². The summed E-state index contributed by atoms with van der Waals surface area (Å²) >= 11 is 5.83. The van der Waals surface area contributed by atoms with Crippen LogP contribution in [0.3, 0.4) is 0 Å². The minimum atomic E-state index is -4.74. The van der Waals surface area contributed by atoms with Crippen molar-refractivity contribution < 1.29 is 18.1 Å². The molecule has 0 aliphatic carbocycles. The second-order valence-electron chi connectivity index (χ2n) is 5.92. The van der Waals surface area contributed by atoms with Gasteiger partial charge < -0.3 is 5.32 Å². The molecular weight excluding hydrogens is 413 g/mol. The van der Waals surface area contributed by atoms with Crippen LogP contribution in [0.5, 0.6) is 0 Å². The number of nitro groups is 1. The van der Waals surface area contributed by atoms with E-state index in [1.807, 2.05) is 0 Å². The summed E-state index contributed by atoms with van der Waals surface area (Å²) in [6.07, 6.45) is -4.74. The molecule has 0 spiro atoms. The van der Waals surface area contributed by atoms with Crippen LogP contribution in [0.25, 0.3) is 0 Å². The summed E-state index contributed by atoms with van der Waals surface area (Å²) in [6, 6.07) is 11.9. The van der Waals surface area contributed by atoms with Crippen LogP contribution in [-0.4, -0.2) is 14.5 Å². The van der Waals surface area contributed by atoms with Gasteiger partial charge in [0.15, 0.2) is 0 Å². The monoisotopic (exact) mass is 424 g/mol. The number of alkyl halides is 3. The van der Waals surface area contributed by atoms with Gasteiger partial charge in [-0.25, -0.2) is 4.98 Å². The molecule has 0 aliphatic heterocycles. The Labute approximate surface area is 166 Å². The van der Waals surface area contributed by atoms with E-state index in [4.69, 9.17) is 11.6 Å². The minimum Gasteiger partial charge on any atom is -0.320 e. The van der Waals surface area contributed by atoms with E-state index in [2.05, 4.69) is 10.3 Å². The number of halogens is 4. The van der Waals surface area contributed by atoms with Gasteiger partial charge in [-0.15, -0.1) is 0 Å². The predicted octanol–water partition coefficient (Wildman–Crippen LogP) is 4.62. The molecule has 3 aromatic rings. The van der Waals surface area contributed by atoms with E-state index in [1.54, 1.807) is 30.3 Å². The molecule has 1 aromatic heterocycles. The highest BCUT2D eigenvalue weighted by molar-refractivity contribution is 6.29. The van der Waals surface area contributed by atoms with Crippen molar-refractivity contribution in [2.24, 2.45) is 0 Å². The number of benzene rings is 2. The van der Waals surface area contributed by atoms with Crippen LogP contribution >= 0.6 is 11.6 Å². The molecule has 2 aromatic carbocycles. The van der Waals surface area contributed by atoms with Gasteiger partial charge in [0.05, 0.1) is 17.0 Å². The lowest BCUT2D eigenvalue weighted by Gasteiger charge is -2.15. The molecule has 0 atom stereocenters. The Morgan fingerprint density at radius 1 is 1.14 bits per heavy atom. The van der Waals surface area contributed by atoms with Crippen LogP contribution in [0.4, 0.5) is 30.5 Å². The summed E-state index contributed by atoms with van der Waals surface area (Å²) in [5.41, 5.74) is -2.05. The lowest BCUT2D eigenvalue weighted by Crippen LogP contribution is -2.24. The number of hydrogen-bond acceptors (Lipinski definition) is 5. The Bertz CT molecular complexity index is 1120. The molecule has 0 bridgehead atoms. The first-order valence-corrected chi connectivity index (χ1v) is 8.47. The topological polar surface area (TPSA) is 90.1 Å². The van der Waals surface area contributed by atoms with Crippen LogP contribution in [0.1, 0.15) is 11.1 Å². The van der Waals surface area contributed by atoms with Crippen LogP contribution in [0.2, 0.25) is 5.15 Å². The number of aromatic nitrogens is 2. The van der Waals surface area contributed by atoms with E-state index in [-0.39, 0.29) is 23.3 Å². The van der Waals surface area contributed by atoms with Gasteiger partial charge in [-0.3, -0.25) is 19.5 Å². The molecule has 11 heteroatoms. The van der Waals surface area contributed by atoms with Crippen molar-refractivity contribution in [3.05, 3.63) is 91.3 Å². The highest BCUT2D eigenvalue weighted by atomic mass is 35.5. The van der Waals surface area contributed by atoms with Crippen LogP contribution in [0.15, 0.2) is 59.4 Å². The molecule has 150 valence electrons. The van der Waals surface area contributed by atoms with E-state index in [0.29, 0.717) is 12.1 Å². The van der Waals surface area contributed by atoms with Crippen molar-refractivity contribution in [3.8, 4) is 0 Å². The normalized spacial score (nSPS) is 11.3. The third kappa shape index (κ3) is 4.72. The summed E-state index contributed by atoms with van der Waals surface area (Å²) in [6.45, 7) is 0.0700. The number of nitrogens with zero attached hydrogens (tertiary/aromatic N) is 3. The average Bonchev–Trinajstić information content (AvgIpc) is 2.64. The Hall–Kier alpha value is -3.40. The first kappa shape index (κ1) is 20.3. The van der Waals surface area contributed by atoms with Crippen LogP contribution in [0, 0.1) is 10.1 Å². The molecule has 0 amide bonds. The first-order chi connectivity index (χ1) is 13.6. The third-order valence-electron chi connectivity index (χ3n) is 3.93. The number of nitrogens with one attached hydrogen (secondary N) is 1. The maximum absolute atomic E-state index is 12.9. The fourth-order valence-corrected chi connectivity index (χ4v) is 2.75. The van der Waals surface area contributed by atoms with E-state index in [9.17, 15) is 28.1 Å². The van der Waals surface area contributed by atoms with E-state index in [1.165, 1.54) is 4.57 Å². The molecule has 0 aliphatic rings. The standard InChI is InChI=1S/C18H12ClF3N4O3/c19-15-9-16(27)25(10-11-4-2-1-3-5-11)17(24-15)23-13-7-6-12(18(20,21)22)8-14(13)26(28)29/h1-9H,10H2,(H,23,24).